The average molecular weight is 489 g/mol. The lowest BCUT2D eigenvalue weighted by Crippen LogP contribution is -2.46. The van der Waals surface area contributed by atoms with Crippen molar-refractivity contribution in [2.45, 2.75) is 13.0 Å². The molecule has 146 valence electrons. The van der Waals surface area contributed by atoms with Crippen molar-refractivity contribution < 1.29 is 0 Å². The van der Waals surface area contributed by atoms with Gasteiger partial charge in [0.25, 0.3) is 0 Å². The summed E-state index contributed by atoms with van der Waals surface area (Å²) in [5.41, 5.74) is 7.52. The van der Waals surface area contributed by atoms with Gasteiger partial charge in [-0.05, 0) is 12.0 Å². The molecule has 2 aliphatic heterocycles. The van der Waals surface area contributed by atoms with Crippen molar-refractivity contribution in [3.63, 3.8) is 0 Å². The highest BCUT2D eigenvalue weighted by atomic mass is 127. The topological polar surface area (TPSA) is 48.1 Å². The number of rotatable bonds is 6. The predicted octanol–water partition coefficient (Wildman–Crippen LogP) is 2.18. The molecular formula is C19H32IN5S. The minimum Gasteiger partial charge on any atom is -0.370 e. The number of benzene rings is 1. The number of guanidine groups is 1. The van der Waals surface area contributed by atoms with Crippen molar-refractivity contribution in [1.29, 1.82) is 0 Å². The minimum atomic E-state index is 0. The Morgan fingerprint density at radius 1 is 0.962 bits per heavy atom. The van der Waals surface area contributed by atoms with Crippen LogP contribution in [0.25, 0.3) is 0 Å². The van der Waals surface area contributed by atoms with Gasteiger partial charge < -0.3 is 15.5 Å². The summed E-state index contributed by atoms with van der Waals surface area (Å²) in [5, 5.41) is 0. The Balaban J connectivity index is 0.00000243. The quantitative estimate of drug-likeness (QED) is 0.287. The molecule has 0 atom stereocenters. The van der Waals surface area contributed by atoms with Crippen molar-refractivity contribution in [2.24, 2.45) is 10.7 Å². The Hall–Kier alpha value is -0.510. The third-order valence-electron chi connectivity index (χ3n) is 4.96. The fourth-order valence-electron chi connectivity index (χ4n) is 3.39. The molecule has 2 N–H and O–H groups in total. The summed E-state index contributed by atoms with van der Waals surface area (Å²) in [4.78, 5) is 11.9. The van der Waals surface area contributed by atoms with E-state index >= 15 is 0 Å². The van der Waals surface area contributed by atoms with Crippen LogP contribution in [-0.2, 0) is 6.54 Å². The van der Waals surface area contributed by atoms with E-state index in [4.69, 9.17) is 5.73 Å². The Bertz CT molecular complexity index is 528. The van der Waals surface area contributed by atoms with Crippen LogP contribution in [0.2, 0.25) is 0 Å². The number of nitrogens with two attached hydrogens (primary N) is 1. The number of halogens is 1. The molecule has 26 heavy (non-hydrogen) atoms. The fourth-order valence-corrected chi connectivity index (χ4v) is 4.30. The first kappa shape index (κ1) is 21.8. The SMILES string of the molecule is I.NC(=NCCCN1CCN(Cc2ccccc2)CC1)N1CCSCC1. The summed E-state index contributed by atoms with van der Waals surface area (Å²) in [6.45, 7) is 9.78. The number of thioether (sulfide) groups is 1. The molecule has 7 heteroatoms. The number of hydrogen-bond acceptors (Lipinski definition) is 4. The molecule has 0 spiro atoms. The molecule has 0 radical (unpaired) electrons. The van der Waals surface area contributed by atoms with Gasteiger partial charge in [-0.3, -0.25) is 9.89 Å². The van der Waals surface area contributed by atoms with E-state index in [1.165, 1.54) is 17.1 Å². The smallest absolute Gasteiger partial charge is 0.191 e. The van der Waals surface area contributed by atoms with E-state index in [0.717, 1.165) is 71.3 Å². The summed E-state index contributed by atoms with van der Waals surface area (Å²) >= 11 is 2.00. The van der Waals surface area contributed by atoms with Crippen molar-refractivity contribution in [3.8, 4) is 0 Å². The van der Waals surface area contributed by atoms with Crippen molar-refractivity contribution >= 4 is 41.7 Å². The summed E-state index contributed by atoms with van der Waals surface area (Å²) in [6, 6.07) is 10.8. The third-order valence-corrected chi connectivity index (χ3v) is 5.90. The van der Waals surface area contributed by atoms with Gasteiger partial charge in [0.2, 0.25) is 0 Å². The summed E-state index contributed by atoms with van der Waals surface area (Å²) in [7, 11) is 0. The van der Waals surface area contributed by atoms with Crippen molar-refractivity contribution in [1.82, 2.24) is 14.7 Å². The van der Waals surface area contributed by atoms with Gasteiger partial charge in [0.05, 0.1) is 0 Å². The molecule has 0 amide bonds. The van der Waals surface area contributed by atoms with E-state index < -0.39 is 0 Å². The van der Waals surface area contributed by atoms with Gasteiger partial charge in [-0.25, -0.2) is 0 Å². The first-order valence-electron chi connectivity index (χ1n) is 9.42. The molecule has 5 nitrogen and oxygen atoms in total. The van der Waals surface area contributed by atoms with Gasteiger partial charge in [0.1, 0.15) is 0 Å². The monoisotopic (exact) mass is 489 g/mol. The van der Waals surface area contributed by atoms with Crippen molar-refractivity contribution in [2.75, 3.05) is 63.9 Å². The molecular weight excluding hydrogens is 457 g/mol. The van der Waals surface area contributed by atoms with E-state index in [9.17, 15) is 0 Å². The first-order chi connectivity index (χ1) is 12.3. The van der Waals surface area contributed by atoms with Crippen LogP contribution in [0.4, 0.5) is 0 Å². The van der Waals surface area contributed by atoms with Gasteiger partial charge in [-0.2, -0.15) is 11.8 Å². The second kappa shape index (κ2) is 12.0. The van der Waals surface area contributed by atoms with Gasteiger partial charge >= 0.3 is 0 Å². The maximum absolute atomic E-state index is 6.11. The van der Waals surface area contributed by atoms with Crippen LogP contribution in [0.3, 0.4) is 0 Å². The van der Waals surface area contributed by atoms with E-state index in [1.54, 1.807) is 0 Å². The van der Waals surface area contributed by atoms with Gasteiger partial charge in [0.15, 0.2) is 5.96 Å². The molecule has 0 unspecified atom stereocenters. The van der Waals surface area contributed by atoms with Gasteiger partial charge in [0, 0.05) is 70.4 Å². The third kappa shape index (κ3) is 7.25. The van der Waals surface area contributed by atoms with E-state index in [2.05, 4.69) is 50.0 Å². The van der Waals surface area contributed by atoms with E-state index in [-0.39, 0.29) is 24.0 Å². The summed E-state index contributed by atoms with van der Waals surface area (Å²) in [5.74, 6) is 3.08. The Morgan fingerprint density at radius 2 is 1.62 bits per heavy atom. The highest BCUT2D eigenvalue weighted by molar-refractivity contribution is 14.0. The lowest BCUT2D eigenvalue weighted by atomic mass is 10.2. The lowest BCUT2D eigenvalue weighted by molar-refractivity contribution is 0.127. The molecule has 3 rings (SSSR count). The zero-order valence-electron chi connectivity index (χ0n) is 15.6. The van der Waals surface area contributed by atoms with Crippen LogP contribution in [0.15, 0.2) is 35.3 Å². The molecule has 1 aromatic carbocycles. The fraction of sp³-hybridized carbons (Fsp3) is 0.632. The normalized spacial score (nSPS) is 20.0. The van der Waals surface area contributed by atoms with E-state index in [1.807, 2.05) is 11.8 Å². The molecule has 2 heterocycles. The molecule has 2 fully saturated rings. The Morgan fingerprint density at radius 3 is 2.31 bits per heavy atom. The Labute approximate surface area is 179 Å². The second-order valence-corrected chi connectivity index (χ2v) is 8.02. The molecule has 0 bridgehead atoms. The predicted molar refractivity (Wildman–Crippen MR) is 124 cm³/mol. The summed E-state index contributed by atoms with van der Waals surface area (Å²) < 4.78 is 0. The zero-order chi connectivity index (χ0) is 17.3. The molecule has 0 aromatic heterocycles. The first-order valence-corrected chi connectivity index (χ1v) is 10.6. The van der Waals surface area contributed by atoms with Gasteiger partial charge in [-0.1, -0.05) is 30.3 Å². The van der Waals surface area contributed by atoms with Crippen LogP contribution in [0, 0.1) is 0 Å². The molecule has 0 aliphatic carbocycles. The van der Waals surface area contributed by atoms with Crippen LogP contribution >= 0.6 is 35.7 Å². The van der Waals surface area contributed by atoms with Crippen LogP contribution in [-0.4, -0.2) is 84.5 Å². The molecule has 1 aromatic rings. The van der Waals surface area contributed by atoms with Crippen molar-refractivity contribution in [3.05, 3.63) is 35.9 Å². The summed E-state index contributed by atoms with van der Waals surface area (Å²) in [6.07, 6.45) is 1.10. The average Bonchev–Trinajstić information content (AvgIpc) is 2.68. The van der Waals surface area contributed by atoms with Crippen LogP contribution in [0.1, 0.15) is 12.0 Å². The largest absolute Gasteiger partial charge is 0.370 e. The van der Waals surface area contributed by atoms with Gasteiger partial charge in [-0.15, -0.1) is 24.0 Å². The highest BCUT2D eigenvalue weighted by Crippen LogP contribution is 2.10. The number of hydrogen-bond donors (Lipinski definition) is 1. The second-order valence-electron chi connectivity index (χ2n) is 6.80. The Kier molecular flexibility index (Phi) is 10.1. The lowest BCUT2D eigenvalue weighted by Gasteiger charge is -2.34. The maximum atomic E-state index is 6.11. The minimum absolute atomic E-state index is 0. The molecule has 2 saturated heterocycles. The highest BCUT2D eigenvalue weighted by Gasteiger charge is 2.16. The number of aliphatic imine (C=N–C) groups is 1. The molecule has 2 aliphatic rings. The zero-order valence-corrected chi connectivity index (χ0v) is 18.7. The molecule has 0 saturated carbocycles. The van der Waals surface area contributed by atoms with Crippen LogP contribution < -0.4 is 5.73 Å². The van der Waals surface area contributed by atoms with Crippen LogP contribution in [0.5, 0.6) is 0 Å². The van der Waals surface area contributed by atoms with E-state index in [0.29, 0.717) is 0 Å². The standard InChI is InChI=1S/C19H31N5S.HI/c20-19(24-13-15-25-16-14-24)21-7-4-8-22-9-11-23(12-10-22)17-18-5-2-1-3-6-18;/h1-3,5-6H,4,7-17H2,(H2,20,21);1H. The number of piperazine rings is 1. The number of nitrogens with zero attached hydrogens (tertiary/aromatic N) is 4. The maximum Gasteiger partial charge on any atom is 0.191 e.